The molecule has 5 aromatic rings. The zero-order valence-electron chi connectivity index (χ0n) is 63.0. The number of carbonyl (C=O) groups excluding carboxylic acids is 11. The van der Waals surface area contributed by atoms with Crippen molar-refractivity contribution in [3.05, 3.63) is 148 Å². The van der Waals surface area contributed by atoms with Crippen LogP contribution in [0.25, 0.3) is 38.5 Å². The van der Waals surface area contributed by atoms with E-state index in [9.17, 15) is 52.7 Å². The first-order valence-corrected chi connectivity index (χ1v) is 37.0. The number of imidazole rings is 1. The number of nitrogens with one attached hydrogen (secondary N) is 14. The van der Waals surface area contributed by atoms with Crippen LogP contribution in [0.2, 0.25) is 0 Å². The number of aromatic nitrogens is 3. The van der Waals surface area contributed by atoms with Gasteiger partial charge in [0.05, 0.1) is 18.9 Å². The number of carbonyl (C=O) groups is 11. The Labute approximate surface area is 701 Å². The molecule has 0 bridgehead atoms. The van der Waals surface area contributed by atoms with Gasteiger partial charge in [-0.3, -0.25) is 68.7 Å². The Bertz CT molecular complexity index is 3620. The maximum absolute atomic E-state index is 14.6. The van der Waals surface area contributed by atoms with Gasteiger partial charge in [0, 0.05) is 99.4 Å². The van der Waals surface area contributed by atoms with Gasteiger partial charge in [-0.25, -0.2) is 4.98 Å². The van der Waals surface area contributed by atoms with Crippen LogP contribution in [0.4, 0.5) is 5.69 Å². The Morgan fingerprint density at radius 3 is 1.69 bits per heavy atom. The molecule has 115 heavy (non-hydrogen) atoms. The van der Waals surface area contributed by atoms with Crippen LogP contribution in [0.15, 0.2) is 108 Å². The molecule has 0 unspecified atom stereocenters. The first kappa shape index (κ1) is 117. The predicted octanol–water partition coefficient (Wildman–Crippen LogP) is 9.85. The molecular weight excluding hydrogens is 1650 g/mol. The van der Waals surface area contributed by atoms with E-state index < -0.39 is 145 Å². The fraction of sp³-hybridized carbons (Fsp3) is 0.564. The van der Waals surface area contributed by atoms with Crippen LogP contribution >= 0.6 is 0 Å². The summed E-state index contributed by atoms with van der Waals surface area (Å²) in [6, 6.07) is 14.6. The van der Waals surface area contributed by atoms with E-state index in [1.807, 2.05) is 25.1 Å². The van der Waals surface area contributed by atoms with Crippen LogP contribution in [0.1, 0.15) is 161 Å². The fourth-order valence-electron chi connectivity index (χ4n) is 11.1. The molecule has 3 aromatic carbocycles. The molecule has 0 aliphatic carbocycles. The van der Waals surface area contributed by atoms with Crippen LogP contribution < -0.4 is 53.6 Å². The Hall–Kier alpha value is -9.32. The first-order valence-electron chi connectivity index (χ1n) is 35.5. The number of nitrogens with two attached hydrogens (primary N) is 1. The van der Waals surface area contributed by atoms with Crippen LogP contribution in [-0.4, -0.2) is 175 Å². The van der Waals surface area contributed by atoms with Crippen LogP contribution in [-0.2, 0) is 128 Å². The van der Waals surface area contributed by atoms with Gasteiger partial charge < -0.3 is 95.9 Å². The van der Waals surface area contributed by atoms with E-state index >= 15 is 0 Å². The molecule has 16 N–H and O–H groups in total. The molecule has 0 aliphatic rings. The van der Waals surface area contributed by atoms with Gasteiger partial charge in [-0.1, -0.05) is 161 Å². The van der Waals surface area contributed by atoms with Gasteiger partial charge in [-0.15, -0.1) is 13.1 Å². The van der Waals surface area contributed by atoms with Crippen molar-refractivity contribution in [3.8, 4) is 0 Å². The quantitative estimate of drug-likeness (QED) is 0.00978. The van der Waals surface area contributed by atoms with Crippen molar-refractivity contribution < 1.29 is 102 Å². The molecule has 35 nitrogen and oxygen atoms in total. The minimum absolute atomic E-state index is 0. The number of amides is 10. The standard InChI is InChI=1S/C70H99N17O12.C2H6.6CH4.HN4.2O.2Tc/c1-42(2)27-48(28-43(3)4)30-59(88)56(32-52-37-76-41-80-52)83-61(90)38-79-70(98)64(44(5)6)87-65(93)45(7)81-68(96)58(31-49-36-77-54-16-12-11-15-53(49)54)86-67(95)55(21-22-60(73)89)85-69(97)57(29-46-13-9-8-10-14-46)84-63(92)40-99-39-62(91)82-51-19-17-47(18-20-51)33-78-66(94)50(34-74-25-23-71)35-75-26-24-72;1-2;;;;;;;1-3-4-2;;;;/h8-20,36-37,41-45,48,50,55-58,64,71-72,77H,21-35,38-40H2,1-7H3,(H2,73,89)(H,76,80)(H,78,94)(H,79,98)(H,81,96)(H,82,91)(H,83,90)(H,84,92)(H,85,97)(H,86,95)(H,87,93);1-2H3;6*1H4;1H;;;;/q-4;;;;;;;;-1;;;;/t45-,55-,56-,57+,58-,64-;;;;;;;;;;;;/m0............/s1/i;;;;;;;;;;;1+1;. The summed E-state index contributed by atoms with van der Waals surface area (Å²) in [4.78, 5) is 161. The predicted molar refractivity (Wildman–Crippen MR) is 440 cm³/mol. The molecule has 6 atom stereocenters. The number of fused-ring (bicyclic) bond motifs is 1. The number of nitrogens with zero attached hydrogens (tertiary/aromatic N) is 6. The number of hydrogen-bond acceptors (Lipinski definition) is 16. The summed E-state index contributed by atoms with van der Waals surface area (Å²) >= 11 is -1.91. The second-order valence-corrected chi connectivity index (χ2v) is 26.4. The average molecular weight is 1780 g/mol. The van der Waals surface area contributed by atoms with Crippen molar-refractivity contribution in [1.82, 2.24) is 57.5 Å². The number of rotatable bonds is 47. The second kappa shape index (κ2) is 66.9. The molecule has 2 heterocycles. The van der Waals surface area contributed by atoms with E-state index in [-0.39, 0.29) is 147 Å². The number of ether oxygens (including phenoxy) is 1. The van der Waals surface area contributed by atoms with Gasteiger partial charge in [0.15, 0.2) is 5.78 Å². The number of aromatic amines is 2. The average Bonchev–Trinajstić information content (AvgIpc) is 1.57. The molecule has 0 aliphatic heterocycles. The third kappa shape index (κ3) is 48.0. The van der Waals surface area contributed by atoms with Gasteiger partial charge in [0.25, 0.3) is 0 Å². The molecule has 650 valence electrons. The zero-order chi connectivity index (χ0) is 80.5. The topological polar surface area (TPSA) is 557 Å². The summed E-state index contributed by atoms with van der Waals surface area (Å²) in [5.41, 5.74) is 36.7. The molecule has 0 fully saturated rings. The van der Waals surface area contributed by atoms with Gasteiger partial charge in [0.2, 0.25) is 59.1 Å². The van der Waals surface area contributed by atoms with E-state index in [0.29, 0.717) is 58.3 Å². The summed E-state index contributed by atoms with van der Waals surface area (Å²) in [5.74, 6) is -7.69. The fourth-order valence-corrected chi connectivity index (χ4v) is 11.1. The summed E-state index contributed by atoms with van der Waals surface area (Å²) in [5, 5.41) is 37.5. The van der Waals surface area contributed by atoms with Crippen molar-refractivity contribution in [3.63, 3.8) is 0 Å². The third-order valence-electron chi connectivity index (χ3n) is 16.0. The van der Waals surface area contributed by atoms with Gasteiger partial charge in [-0.05, 0) is 84.7 Å². The maximum atomic E-state index is 14.6. The summed E-state index contributed by atoms with van der Waals surface area (Å²) in [6.07, 6.45) is 5.77. The number of H-pyrrole nitrogens is 2. The van der Waals surface area contributed by atoms with Gasteiger partial charge >= 0.3 is 24.6 Å². The summed E-state index contributed by atoms with van der Waals surface area (Å²) < 4.78 is 22.4. The Morgan fingerprint density at radius 2 is 1.15 bits per heavy atom. The molecule has 2 aromatic heterocycles. The Kier molecular flexibility index (Phi) is 67.8. The molecular formula is C78H130N21O14Tc2-5. The normalized spacial score (nSPS) is 11.7. The number of benzene rings is 3. The SMILES string of the molecule is C.C.C.C.C.C.CC.CC(C)CC(CC(=O)[C@H](Cc1cnc[nH]1)NC(=O)CNC(=O)[C@@H](NC(=O)[C@H](C)NC(=O)[C@H](Cc1c[nH]c2ccccc12)NC(=O)[C@H](CCC(N)=O)NC(=O)[C@@H](Cc1ccccc1)NC(=O)COCC(=O)Nc1ccc(CNC(=O)C(C[N-]CC[NH-])C[N-]CC[NH-])cc1)C(C)C)CC(C)C.[99Tc].[N-]=NN=N.[O]=[Tc]=[O]. The number of ketones is 1. The molecule has 10 amide bonds. The molecule has 0 saturated heterocycles. The second-order valence-electron chi connectivity index (χ2n) is 26.0. The minimum atomic E-state index is -1.91. The summed E-state index contributed by atoms with van der Waals surface area (Å²) in [7, 11) is 0. The van der Waals surface area contributed by atoms with E-state index in [4.69, 9.17) is 40.0 Å². The van der Waals surface area contributed by atoms with Crippen molar-refractivity contribution in [2.45, 2.75) is 201 Å². The molecule has 0 saturated carbocycles. The summed E-state index contributed by atoms with van der Waals surface area (Å²) in [6.45, 7) is 16.8. The van der Waals surface area contributed by atoms with Crippen molar-refractivity contribution in [2.24, 2.45) is 45.8 Å². The van der Waals surface area contributed by atoms with Gasteiger partial charge in [-0.2, -0.15) is 26.2 Å². The molecule has 1 radical (unpaired) electrons. The van der Waals surface area contributed by atoms with Crippen molar-refractivity contribution in [2.75, 3.05) is 64.3 Å². The van der Waals surface area contributed by atoms with E-state index in [1.165, 1.54) is 13.3 Å². The van der Waals surface area contributed by atoms with Crippen LogP contribution in [0, 0.1) is 35.1 Å². The van der Waals surface area contributed by atoms with Gasteiger partial charge in [0.1, 0.15) is 43.4 Å². The monoisotopic (exact) mass is 1780 g/mol. The zero-order valence-corrected chi connectivity index (χ0v) is 66.8. The number of para-hydroxylation sites is 1. The first-order chi connectivity index (χ1) is 51.6. The van der Waals surface area contributed by atoms with Crippen LogP contribution in [0.3, 0.4) is 0 Å². The molecule has 5 rings (SSSR count). The third-order valence-corrected chi connectivity index (χ3v) is 16.0. The Balaban J connectivity index is -0.00000177. The van der Waals surface area contributed by atoms with E-state index in [2.05, 4.69) is 106 Å². The molecule has 0 spiro atoms. The number of anilines is 1. The van der Waals surface area contributed by atoms with E-state index in [1.54, 1.807) is 99.0 Å². The number of hydrogen-bond donors (Lipinski definition) is 13. The van der Waals surface area contributed by atoms with Crippen molar-refractivity contribution >= 4 is 81.4 Å². The van der Waals surface area contributed by atoms with E-state index in [0.717, 1.165) is 18.4 Å². The number of Topliss-reactive ketones (excluding diaryl/α,β-unsaturated/α-hetero) is 1. The Morgan fingerprint density at radius 1 is 0.617 bits per heavy atom. The van der Waals surface area contributed by atoms with Crippen LogP contribution in [0.5, 0.6) is 0 Å². The number of primary amides is 1. The van der Waals surface area contributed by atoms with Crippen molar-refractivity contribution in [1.29, 1.82) is 5.53 Å². The molecule has 37 heteroatoms.